The van der Waals surface area contributed by atoms with Crippen LogP contribution < -0.4 is 10.6 Å². The lowest BCUT2D eigenvalue weighted by molar-refractivity contribution is 0.324. The van der Waals surface area contributed by atoms with Crippen molar-refractivity contribution in [3.8, 4) is 0 Å². The highest BCUT2D eigenvalue weighted by Crippen LogP contribution is 2.18. The van der Waals surface area contributed by atoms with Crippen molar-refractivity contribution in [3.63, 3.8) is 0 Å². The molecule has 1 aliphatic rings. The minimum atomic E-state index is 0.456. The molecule has 0 heterocycles. The summed E-state index contributed by atoms with van der Waals surface area (Å²) in [5, 5.41) is 6.95. The predicted molar refractivity (Wildman–Crippen MR) is 103 cm³/mol. The third kappa shape index (κ3) is 7.11. The topological polar surface area (TPSA) is 24.1 Å². The molecule has 2 nitrogen and oxygen atoms in total. The molecule has 0 amide bonds. The Morgan fingerprint density at radius 2 is 1.30 bits per heavy atom. The highest BCUT2D eigenvalue weighted by Gasteiger charge is 2.22. The lowest BCUT2D eigenvalue weighted by atomic mass is 9.90. The van der Waals surface area contributed by atoms with Crippen molar-refractivity contribution in [3.05, 3.63) is 24.6 Å². The number of thiocarbonyl (C=S) groups is 2. The zero-order chi connectivity index (χ0) is 14.8. The van der Waals surface area contributed by atoms with E-state index in [1.54, 1.807) is 23.5 Å². The Kier molecular flexibility index (Phi) is 9.59. The molecular formula is C14H22N2S4. The molecule has 0 unspecified atom stereocenters. The Morgan fingerprint density at radius 1 is 0.900 bits per heavy atom. The molecule has 0 radical (unpaired) electrons. The van der Waals surface area contributed by atoms with Crippen molar-refractivity contribution < 1.29 is 0 Å². The van der Waals surface area contributed by atoms with Gasteiger partial charge in [-0.2, -0.15) is 0 Å². The summed E-state index contributed by atoms with van der Waals surface area (Å²) in [6.07, 6.45) is 16.8. The van der Waals surface area contributed by atoms with Crippen molar-refractivity contribution in [2.45, 2.75) is 37.8 Å². The second-order valence-corrected chi connectivity index (χ2v) is 7.64. The van der Waals surface area contributed by atoms with Gasteiger partial charge in [0.15, 0.2) is 0 Å². The Bertz CT molecular complexity index is 343. The third-order valence-electron chi connectivity index (χ3n) is 3.23. The van der Waals surface area contributed by atoms with Gasteiger partial charge in [-0.1, -0.05) is 37.3 Å². The van der Waals surface area contributed by atoms with Crippen LogP contribution in [0, 0.1) is 0 Å². The molecule has 1 rings (SSSR count). The maximum absolute atomic E-state index is 5.16. The van der Waals surface area contributed by atoms with E-state index in [-0.39, 0.29) is 0 Å². The Morgan fingerprint density at radius 3 is 1.65 bits per heavy atom. The van der Waals surface area contributed by atoms with Crippen molar-refractivity contribution in [1.82, 2.24) is 10.6 Å². The van der Waals surface area contributed by atoms with Crippen LogP contribution >= 0.6 is 48.0 Å². The van der Waals surface area contributed by atoms with E-state index in [0.29, 0.717) is 12.1 Å². The van der Waals surface area contributed by atoms with Gasteiger partial charge < -0.3 is 10.6 Å². The molecule has 6 heteroatoms. The summed E-state index contributed by atoms with van der Waals surface area (Å²) < 4.78 is 1.81. The van der Waals surface area contributed by atoms with Crippen LogP contribution in [-0.4, -0.2) is 33.0 Å². The van der Waals surface area contributed by atoms with Crippen LogP contribution in [0.2, 0.25) is 0 Å². The van der Waals surface area contributed by atoms with E-state index < -0.39 is 0 Å². The van der Waals surface area contributed by atoms with Crippen LogP contribution in [0.1, 0.15) is 25.7 Å². The molecule has 2 atom stereocenters. The lowest BCUT2D eigenvalue weighted by Gasteiger charge is -2.32. The number of thioether (sulfide) groups is 2. The summed E-state index contributed by atoms with van der Waals surface area (Å²) in [5.74, 6) is 0. The van der Waals surface area contributed by atoms with Gasteiger partial charge in [0.1, 0.15) is 0 Å². The first-order valence-corrected chi connectivity index (χ1v) is 9.95. The molecule has 0 bridgehead atoms. The van der Waals surface area contributed by atoms with Gasteiger partial charge in [0.2, 0.25) is 0 Å². The number of hydrogen-bond acceptors (Lipinski definition) is 6. The summed E-state index contributed by atoms with van der Waals surface area (Å²) in [6, 6.07) is 0.911. The minimum Gasteiger partial charge on any atom is -0.386 e. The van der Waals surface area contributed by atoms with Gasteiger partial charge in [0, 0.05) is 12.1 Å². The Labute approximate surface area is 141 Å². The molecule has 1 saturated carbocycles. The quantitative estimate of drug-likeness (QED) is 0.559. The Balaban J connectivity index is 2.45. The number of nitrogens with one attached hydrogen (secondary N) is 2. The molecule has 0 aromatic carbocycles. The average molecular weight is 347 g/mol. The van der Waals surface area contributed by atoms with Gasteiger partial charge in [0.25, 0.3) is 0 Å². The molecule has 0 spiro atoms. The molecule has 0 aromatic heterocycles. The fourth-order valence-corrected chi connectivity index (χ4v) is 2.69. The van der Waals surface area contributed by atoms with Crippen LogP contribution in [0.15, 0.2) is 24.6 Å². The number of hydrogen-bond donors (Lipinski definition) is 2. The SMILES string of the molecule is CSC(=S)/C=C/N[C@H]1CCCC[C@@H]1N/C=C/C(=S)SC. The summed E-state index contributed by atoms with van der Waals surface area (Å²) in [6.45, 7) is 0. The van der Waals surface area contributed by atoms with Gasteiger partial charge in [-0.25, -0.2) is 0 Å². The fourth-order valence-electron chi connectivity index (χ4n) is 2.15. The second-order valence-electron chi connectivity index (χ2n) is 4.54. The van der Waals surface area contributed by atoms with E-state index in [2.05, 4.69) is 10.6 Å². The van der Waals surface area contributed by atoms with Gasteiger partial charge in [0.05, 0.1) is 8.39 Å². The molecule has 2 N–H and O–H groups in total. The highest BCUT2D eigenvalue weighted by atomic mass is 32.2. The van der Waals surface area contributed by atoms with E-state index in [4.69, 9.17) is 24.4 Å². The second kappa shape index (κ2) is 10.7. The lowest BCUT2D eigenvalue weighted by Crippen LogP contribution is -2.46. The van der Waals surface area contributed by atoms with Crippen molar-refractivity contribution in [1.29, 1.82) is 0 Å². The monoisotopic (exact) mass is 346 g/mol. The minimum absolute atomic E-state index is 0.456. The highest BCUT2D eigenvalue weighted by molar-refractivity contribution is 8.23. The first kappa shape index (κ1) is 18.0. The summed E-state index contributed by atoms with van der Waals surface area (Å²) >= 11 is 13.5. The largest absolute Gasteiger partial charge is 0.386 e. The molecule has 1 fully saturated rings. The summed E-state index contributed by atoms with van der Waals surface area (Å²) in [5.41, 5.74) is 0. The van der Waals surface area contributed by atoms with Gasteiger partial charge in [-0.05, 0) is 49.9 Å². The summed E-state index contributed by atoms with van der Waals surface area (Å²) in [4.78, 5) is 0. The zero-order valence-corrected chi connectivity index (χ0v) is 15.2. The molecule has 112 valence electrons. The Hall–Kier alpha value is -0.0400. The first-order valence-electron chi connectivity index (χ1n) is 6.68. The van der Waals surface area contributed by atoms with E-state index in [1.807, 2.05) is 37.1 Å². The zero-order valence-electron chi connectivity index (χ0n) is 11.9. The smallest absolute Gasteiger partial charge is 0.0717 e. The number of rotatable bonds is 6. The molecule has 0 aliphatic heterocycles. The fraction of sp³-hybridized carbons (Fsp3) is 0.571. The molecular weight excluding hydrogens is 324 g/mol. The van der Waals surface area contributed by atoms with Crippen LogP contribution in [0.25, 0.3) is 0 Å². The van der Waals surface area contributed by atoms with Gasteiger partial charge >= 0.3 is 0 Å². The maximum atomic E-state index is 5.16. The molecule has 1 aliphatic carbocycles. The van der Waals surface area contributed by atoms with Gasteiger partial charge in [-0.15, -0.1) is 23.5 Å². The van der Waals surface area contributed by atoms with Crippen LogP contribution in [0.3, 0.4) is 0 Å². The van der Waals surface area contributed by atoms with E-state index in [0.717, 1.165) is 8.39 Å². The van der Waals surface area contributed by atoms with Crippen molar-refractivity contribution in [2.24, 2.45) is 0 Å². The van der Waals surface area contributed by atoms with E-state index >= 15 is 0 Å². The van der Waals surface area contributed by atoms with E-state index in [9.17, 15) is 0 Å². The standard InChI is InChI=1S/C14H22N2S4/c1-19-13(17)7-9-15-11-5-3-4-6-12(11)16-10-8-14(18)20-2/h7-12,15-16H,3-6H2,1-2H3/b9-7+,10-8+/t11-,12-/m0/s1. The molecule has 0 aromatic rings. The van der Waals surface area contributed by atoms with Crippen LogP contribution in [-0.2, 0) is 0 Å². The predicted octanol–water partition coefficient (Wildman–Crippen LogP) is 3.89. The van der Waals surface area contributed by atoms with Crippen molar-refractivity contribution in [2.75, 3.05) is 12.5 Å². The molecule has 20 heavy (non-hydrogen) atoms. The first-order chi connectivity index (χ1) is 9.67. The third-order valence-corrected chi connectivity index (χ3v) is 5.58. The maximum Gasteiger partial charge on any atom is 0.0717 e. The molecule has 0 saturated heterocycles. The van der Waals surface area contributed by atoms with Crippen LogP contribution in [0.4, 0.5) is 0 Å². The van der Waals surface area contributed by atoms with Crippen LogP contribution in [0.5, 0.6) is 0 Å². The average Bonchev–Trinajstić information content (AvgIpc) is 2.48. The normalized spacial score (nSPS) is 23.1. The summed E-state index contributed by atoms with van der Waals surface area (Å²) in [7, 11) is 0. The van der Waals surface area contributed by atoms with E-state index in [1.165, 1.54) is 25.7 Å². The van der Waals surface area contributed by atoms with Gasteiger partial charge in [-0.3, -0.25) is 0 Å². The van der Waals surface area contributed by atoms with Crippen molar-refractivity contribution >= 4 is 56.4 Å².